The number of urea groups is 1. The smallest absolute Gasteiger partial charge is 0.326 e. The summed E-state index contributed by atoms with van der Waals surface area (Å²) in [6, 6.07) is -0.984. The summed E-state index contributed by atoms with van der Waals surface area (Å²) in [6.07, 6.45) is 3.68. The molecule has 3 atom stereocenters. The van der Waals surface area contributed by atoms with Crippen LogP contribution in [0.15, 0.2) is 0 Å². The molecule has 104 valence electrons. The maximum absolute atomic E-state index is 11.8. The first-order valence-electron chi connectivity index (χ1n) is 6.70. The third kappa shape index (κ3) is 4.55. The van der Waals surface area contributed by atoms with Crippen molar-refractivity contribution < 1.29 is 14.7 Å². The van der Waals surface area contributed by atoms with Gasteiger partial charge in [0.1, 0.15) is 6.04 Å². The SMILES string of the molecule is CC(C)C[C@H](NC(=O)NC1CCCC1C)C(=O)O. The van der Waals surface area contributed by atoms with Gasteiger partial charge in [0, 0.05) is 6.04 Å². The van der Waals surface area contributed by atoms with Gasteiger partial charge in [0.05, 0.1) is 0 Å². The molecule has 1 saturated carbocycles. The van der Waals surface area contributed by atoms with Gasteiger partial charge in [-0.15, -0.1) is 0 Å². The molecule has 0 saturated heterocycles. The van der Waals surface area contributed by atoms with Crippen LogP contribution < -0.4 is 10.6 Å². The van der Waals surface area contributed by atoms with E-state index in [2.05, 4.69) is 17.6 Å². The summed E-state index contributed by atoms with van der Waals surface area (Å²) in [7, 11) is 0. The third-order valence-corrected chi connectivity index (χ3v) is 3.49. The number of carboxylic acid groups (broad SMARTS) is 1. The number of aliphatic carboxylic acids is 1. The van der Waals surface area contributed by atoms with Crippen molar-refractivity contribution in [1.82, 2.24) is 10.6 Å². The van der Waals surface area contributed by atoms with E-state index in [-0.39, 0.29) is 18.0 Å². The summed E-state index contributed by atoms with van der Waals surface area (Å²) in [5.41, 5.74) is 0. The molecule has 1 rings (SSSR count). The molecule has 0 spiro atoms. The standard InChI is InChI=1S/C13H24N2O3/c1-8(2)7-11(12(16)17)15-13(18)14-10-6-4-5-9(10)3/h8-11H,4-7H2,1-3H3,(H,16,17)(H2,14,15,18)/t9?,10?,11-/m0/s1. The molecular weight excluding hydrogens is 232 g/mol. The Labute approximate surface area is 108 Å². The van der Waals surface area contributed by atoms with E-state index >= 15 is 0 Å². The molecule has 0 heterocycles. The zero-order valence-corrected chi connectivity index (χ0v) is 11.4. The maximum Gasteiger partial charge on any atom is 0.326 e. The van der Waals surface area contributed by atoms with E-state index in [9.17, 15) is 9.59 Å². The summed E-state index contributed by atoms with van der Waals surface area (Å²) in [4.78, 5) is 22.8. The normalized spacial score (nSPS) is 24.9. The topological polar surface area (TPSA) is 78.4 Å². The zero-order chi connectivity index (χ0) is 13.7. The number of rotatable bonds is 5. The van der Waals surface area contributed by atoms with Crippen molar-refractivity contribution in [2.24, 2.45) is 11.8 Å². The number of carbonyl (C=O) groups is 2. The van der Waals surface area contributed by atoms with E-state index in [0.717, 1.165) is 19.3 Å². The Morgan fingerprint density at radius 3 is 2.44 bits per heavy atom. The third-order valence-electron chi connectivity index (χ3n) is 3.49. The van der Waals surface area contributed by atoms with E-state index in [4.69, 9.17) is 5.11 Å². The van der Waals surface area contributed by atoms with Crippen molar-refractivity contribution >= 4 is 12.0 Å². The minimum Gasteiger partial charge on any atom is -0.480 e. The Balaban J connectivity index is 2.43. The molecule has 18 heavy (non-hydrogen) atoms. The number of carboxylic acids is 1. The Hall–Kier alpha value is -1.26. The predicted octanol–water partition coefficient (Wildman–Crippen LogP) is 1.97. The predicted molar refractivity (Wildman–Crippen MR) is 69.3 cm³/mol. The van der Waals surface area contributed by atoms with E-state index in [1.54, 1.807) is 0 Å². The molecule has 5 nitrogen and oxygen atoms in total. The van der Waals surface area contributed by atoms with Gasteiger partial charge in [0.2, 0.25) is 0 Å². The molecule has 0 aromatic carbocycles. The Morgan fingerprint density at radius 2 is 2.00 bits per heavy atom. The molecule has 0 aromatic rings. The largest absolute Gasteiger partial charge is 0.480 e. The highest BCUT2D eigenvalue weighted by atomic mass is 16.4. The Morgan fingerprint density at radius 1 is 1.33 bits per heavy atom. The first kappa shape index (κ1) is 14.8. The lowest BCUT2D eigenvalue weighted by atomic mass is 10.0. The minimum absolute atomic E-state index is 0.179. The number of amides is 2. The molecule has 0 bridgehead atoms. The van der Waals surface area contributed by atoms with Crippen LogP contribution in [0.5, 0.6) is 0 Å². The second kappa shape index (κ2) is 6.61. The highest BCUT2D eigenvalue weighted by Gasteiger charge is 2.27. The zero-order valence-electron chi connectivity index (χ0n) is 11.4. The van der Waals surface area contributed by atoms with Crippen LogP contribution in [-0.2, 0) is 4.79 Å². The molecule has 5 heteroatoms. The van der Waals surface area contributed by atoms with Crippen molar-refractivity contribution in [3.63, 3.8) is 0 Å². The average Bonchev–Trinajstić information content (AvgIpc) is 2.62. The van der Waals surface area contributed by atoms with Gasteiger partial charge in [-0.25, -0.2) is 9.59 Å². The van der Waals surface area contributed by atoms with Gasteiger partial charge in [-0.05, 0) is 31.1 Å². The van der Waals surface area contributed by atoms with Crippen LogP contribution in [0.4, 0.5) is 4.79 Å². The van der Waals surface area contributed by atoms with Crippen LogP contribution in [-0.4, -0.2) is 29.2 Å². The van der Waals surface area contributed by atoms with Gasteiger partial charge in [0.25, 0.3) is 0 Å². The lowest BCUT2D eigenvalue weighted by molar-refractivity contribution is -0.139. The Bertz CT molecular complexity index is 305. The van der Waals surface area contributed by atoms with Crippen LogP contribution in [0.25, 0.3) is 0 Å². The number of carbonyl (C=O) groups excluding carboxylic acids is 1. The molecule has 0 aliphatic heterocycles. The molecule has 3 N–H and O–H groups in total. The summed E-state index contributed by atoms with van der Waals surface area (Å²) in [5.74, 6) is -0.265. The van der Waals surface area contributed by atoms with Gasteiger partial charge in [-0.2, -0.15) is 0 Å². The highest BCUT2D eigenvalue weighted by molar-refractivity contribution is 5.82. The van der Waals surface area contributed by atoms with Crippen LogP contribution in [0, 0.1) is 11.8 Å². The van der Waals surface area contributed by atoms with Crippen molar-refractivity contribution in [1.29, 1.82) is 0 Å². The fourth-order valence-electron chi connectivity index (χ4n) is 2.42. The van der Waals surface area contributed by atoms with Crippen molar-refractivity contribution in [3.8, 4) is 0 Å². The number of hydrogen-bond acceptors (Lipinski definition) is 2. The monoisotopic (exact) mass is 256 g/mol. The molecule has 2 amide bonds. The fraction of sp³-hybridized carbons (Fsp3) is 0.846. The van der Waals surface area contributed by atoms with E-state index in [0.29, 0.717) is 12.3 Å². The molecular formula is C13H24N2O3. The molecule has 0 radical (unpaired) electrons. The lowest BCUT2D eigenvalue weighted by Crippen LogP contribution is -2.49. The van der Waals surface area contributed by atoms with Gasteiger partial charge in [-0.3, -0.25) is 0 Å². The summed E-state index contributed by atoms with van der Waals surface area (Å²) >= 11 is 0. The lowest BCUT2D eigenvalue weighted by Gasteiger charge is -2.21. The molecule has 0 aromatic heterocycles. The van der Waals surface area contributed by atoms with Crippen LogP contribution in [0.1, 0.15) is 46.5 Å². The van der Waals surface area contributed by atoms with E-state index in [1.165, 1.54) is 0 Å². The second-order valence-electron chi connectivity index (χ2n) is 5.65. The van der Waals surface area contributed by atoms with Crippen molar-refractivity contribution in [2.75, 3.05) is 0 Å². The van der Waals surface area contributed by atoms with E-state index in [1.807, 2.05) is 13.8 Å². The molecule has 1 aliphatic rings. The van der Waals surface area contributed by atoms with Gasteiger partial charge >= 0.3 is 12.0 Å². The molecule has 1 aliphatic carbocycles. The van der Waals surface area contributed by atoms with Crippen LogP contribution in [0.3, 0.4) is 0 Å². The number of hydrogen-bond donors (Lipinski definition) is 3. The minimum atomic E-state index is -0.974. The fourth-order valence-corrected chi connectivity index (χ4v) is 2.42. The first-order chi connectivity index (χ1) is 8.40. The van der Waals surface area contributed by atoms with Gasteiger partial charge in [0.15, 0.2) is 0 Å². The summed E-state index contributed by atoms with van der Waals surface area (Å²) < 4.78 is 0. The molecule has 1 fully saturated rings. The first-order valence-corrected chi connectivity index (χ1v) is 6.70. The summed E-state index contributed by atoms with van der Waals surface area (Å²) in [6.45, 7) is 5.99. The van der Waals surface area contributed by atoms with E-state index < -0.39 is 12.0 Å². The quantitative estimate of drug-likeness (QED) is 0.703. The van der Waals surface area contributed by atoms with Crippen LogP contribution in [0.2, 0.25) is 0 Å². The summed E-state index contributed by atoms with van der Waals surface area (Å²) in [5, 5.41) is 14.5. The maximum atomic E-state index is 11.8. The second-order valence-corrected chi connectivity index (χ2v) is 5.65. The number of nitrogens with one attached hydrogen (secondary N) is 2. The Kier molecular flexibility index (Phi) is 5.44. The average molecular weight is 256 g/mol. The highest BCUT2D eigenvalue weighted by Crippen LogP contribution is 2.24. The van der Waals surface area contributed by atoms with Crippen LogP contribution >= 0.6 is 0 Å². The van der Waals surface area contributed by atoms with Gasteiger partial charge < -0.3 is 15.7 Å². The van der Waals surface area contributed by atoms with Gasteiger partial charge in [-0.1, -0.05) is 27.2 Å². The van der Waals surface area contributed by atoms with Crippen molar-refractivity contribution in [3.05, 3.63) is 0 Å². The molecule has 2 unspecified atom stereocenters. The van der Waals surface area contributed by atoms with Crippen molar-refractivity contribution in [2.45, 2.75) is 58.5 Å².